The molecule has 96 valence electrons. The minimum atomic E-state index is -0.255. The molecule has 0 heterocycles. The molecule has 0 saturated heterocycles. The van der Waals surface area contributed by atoms with Crippen molar-refractivity contribution in [2.75, 3.05) is 13.6 Å². The molecule has 1 aliphatic carbocycles. The van der Waals surface area contributed by atoms with Crippen LogP contribution in [0.3, 0.4) is 0 Å². The van der Waals surface area contributed by atoms with Gasteiger partial charge in [-0.05, 0) is 36.1 Å². The van der Waals surface area contributed by atoms with Crippen LogP contribution in [0.15, 0.2) is 30.9 Å². The zero-order valence-electron chi connectivity index (χ0n) is 10.4. The zero-order chi connectivity index (χ0) is 13.1. The Hall–Kier alpha value is -1.84. The lowest BCUT2D eigenvalue weighted by atomic mass is 10.1. The summed E-state index contributed by atoms with van der Waals surface area (Å²) in [6.07, 6.45) is 3.38. The van der Waals surface area contributed by atoms with E-state index in [4.69, 9.17) is 0 Å². The van der Waals surface area contributed by atoms with E-state index in [1.165, 1.54) is 12.1 Å². The maximum Gasteiger partial charge on any atom is 0.317 e. The van der Waals surface area contributed by atoms with Crippen LogP contribution in [-0.2, 0) is 6.42 Å². The minimum Gasteiger partial charge on any atom is -0.331 e. The number of urea groups is 1. The first-order valence-electron chi connectivity index (χ1n) is 6.02. The van der Waals surface area contributed by atoms with Crippen LogP contribution < -0.4 is 5.32 Å². The Morgan fingerprint density at radius 3 is 3.17 bits per heavy atom. The average molecular weight is 248 g/mol. The molecule has 0 bridgehead atoms. The van der Waals surface area contributed by atoms with Crippen molar-refractivity contribution in [3.8, 4) is 0 Å². The summed E-state index contributed by atoms with van der Waals surface area (Å²) in [7, 11) is 1.71. The third-order valence-electron chi connectivity index (χ3n) is 3.23. The first-order chi connectivity index (χ1) is 8.61. The lowest BCUT2D eigenvalue weighted by Gasteiger charge is -2.20. The van der Waals surface area contributed by atoms with E-state index >= 15 is 0 Å². The van der Waals surface area contributed by atoms with Gasteiger partial charge in [0.2, 0.25) is 0 Å². The van der Waals surface area contributed by atoms with E-state index in [0.29, 0.717) is 6.54 Å². The van der Waals surface area contributed by atoms with E-state index in [1.54, 1.807) is 24.1 Å². The lowest BCUT2D eigenvalue weighted by Crippen LogP contribution is -2.38. The molecular weight excluding hydrogens is 231 g/mol. The molecule has 0 fully saturated rings. The number of hydrogen-bond acceptors (Lipinski definition) is 1. The van der Waals surface area contributed by atoms with Gasteiger partial charge < -0.3 is 10.2 Å². The number of nitrogens with one attached hydrogen (secondary N) is 1. The molecule has 1 aromatic rings. The van der Waals surface area contributed by atoms with Gasteiger partial charge in [-0.15, -0.1) is 6.58 Å². The SMILES string of the molecule is C=CCN(C)C(=O)N[C@H]1CCc2ccc(F)cc21. The van der Waals surface area contributed by atoms with E-state index in [9.17, 15) is 9.18 Å². The Kier molecular flexibility index (Phi) is 3.65. The van der Waals surface area contributed by atoms with Gasteiger partial charge in [0.05, 0.1) is 6.04 Å². The Morgan fingerprint density at radius 2 is 2.44 bits per heavy atom. The van der Waals surface area contributed by atoms with Gasteiger partial charge in [-0.2, -0.15) is 0 Å². The maximum absolute atomic E-state index is 13.2. The first-order valence-corrected chi connectivity index (χ1v) is 6.02. The molecule has 18 heavy (non-hydrogen) atoms. The van der Waals surface area contributed by atoms with E-state index in [1.807, 2.05) is 0 Å². The molecular formula is C14H17FN2O. The molecule has 0 aromatic heterocycles. The zero-order valence-corrected chi connectivity index (χ0v) is 10.4. The van der Waals surface area contributed by atoms with Gasteiger partial charge in [-0.25, -0.2) is 9.18 Å². The third kappa shape index (κ3) is 2.53. The van der Waals surface area contributed by atoms with E-state index in [-0.39, 0.29) is 17.9 Å². The van der Waals surface area contributed by atoms with Crippen LogP contribution in [-0.4, -0.2) is 24.5 Å². The second-order valence-corrected chi connectivity index (χ2v) is 4.55. The highest BCUT2D eigenvalue weighted by atomic mass is 19.1. The Labute approximate surface area is 106 Å². The maximum atomic E-state index is 13.2. The van der Waals surface area contributed by atoms with E-state index in [0.717, 1.165) is 24.0 Å². The number of halogens is 1. The fourth-order valence-electron chi connectivity index (χ4n) is 2.26. The van der Waals surface area contributed by atoms with Crippen molar-refractivity contribution >= 4 is 6.03 Å². The van der Waals surface area contributed by atoms with Crippen molar-refractivity contribution in [1.82, 2.24) is 10.2 Å². The van der Waals surface area contributed by atoms with Crippen LogP contribution in [0.25, 0.3) is 0 Å². The number of carbonyl (C=O) groups excluding carboxylic acids is 1. The van der Waals surface area contributed by atoms with Gasteiger partial charge in [0, 0.05) is 13.6 Å². The van der Waals surface area contributed by atoms with E-state index in [2.05, 4.69) is 11.9 Å². The van der Waals surface area contributed by atoms with Crippen molar-refractivity contribution < 1.29 is 9.18 Å². The standard InChI is InChI=1S/C14H17FN2O/c1-3-8-17(2)14(18)16-13-7-5-10-4-6-11(15)9-12(10)13/h3-4,6,9,13H,1,5,7-8H2,2H3,(H,16,18)/t13-/m0/s1. The molecule has 0 saturated carbocycles. The summed E-state index contributed by atoms with van der Waals surface area (Å²) in [5, 5.41) is 2.92. The summed E-state index contributed by atoms with van der Waals surface area (Å²) < 4.78 is 13.2. The quantitative estimate of drug-likeness (QED) is 0.819. The van der Waals surface area contributed by atoms with Gasteiger partial charge in [0.25, 0.3) is 0 Å². The largest absolute Gasteiger partial charge is 0.331 e. The van der Waals surface area contributed by atoms with Crippen LogP contribution >= 0.6 is 0 Å². The predicted molar refractivity (Wildman–Crippen MR) is 68.8 cm³/mol. The monoisotopic (exact) mass is 248 g/mol. The molecule has 1 N–H and O–H groups in total. The van der Waals surface area contributed by atoms with Crippen LogP contribution in [0.5, 0.6) is 0 Å². The number of nitrogens with zero attached hydrogens (tertiary/aromatic N) is 1. The van der Waals surface area contributed by atoms with Gasteiger partial charge in [-0.1, -0.05) is 12.1 Å². The average Bonchev–Trinajstić information content (AvgIpc) is 2.72. The van der Waals surface area contributed by atoms with Crippen molar-refractivity contribution in [2.24, 2.45) is 0 Å². The fourth-order valence-corrected chi connectivity index (χ4v) is 2.26. The van der Waals surface area contributed by atoms with Crippen molar-refractivity contribution in [3.63, 3.8) is 0 Å². The first kappa shape index (κ1) is 12.6. The minimum absolute atomic E-state index is 0.0875. The van der Waals surface area contributed by atoms with E-state index < -0.39 is 0 Å². The summed E-state index contributed by atoms with van der Waals surface area (Å²) in [6, 6.07) is 4.53. The molecule has 4 heteroatoms. The highest BCUT2D eigenvalue weighted by Gasteiger charge is 2.25. The lowest BCUT2D eigenvalue weighted by molar-refractivity contribution is 0.209. The van der Waals surface area contributed by atoms with Gasteiger partial charge >= 0.3 is 6.03 Å². The Bertz CT molecular complexity index is 473. The number of rotatable bonds is 3. The van der Waals surface area contributed by atoms with Crippen LogP contribution in [0.1, 0.15) is 23.6 Å². The molecule has 2 amide bonds. The second-order valence-electron chi connectivity index (χ2n) is 4.55. The number of hydrogen-bond donors (Lipinski definition) is 1. The molecule has 0 spiro atoms. The number of likely N-dealkylation sites (N-methyl/N-ethyl adjacent to an activating group) is 1. The van der Waals surface area contributed by atoms with Gasteiger partial charge in [0.15, 0.2) is 0 Å². The number of benzene rings is 1. The third-order valence-corrected chi connectivity index (χ3v) is 3.23. The van der Waals surface area contributed by atoms with Crippen molar-refractivity contribution in [3.05, 3.63) is 47.8 Å². The molecule has 0 unspecified atom stereocenters. The van der Waals surface area contributed by atoms with Gasteiger partial charge in [0.1, 0.15) is 5.82 Å². The van der Waals surface area contributed by atoms with Crippen LogP contribution in [0.4, 0.5) is 9.18 Å². The van der Waals surface area contributed by atoms with Gasteiger partial charge in [-0.3, -0.25) is 0 Å². The molecule has 0 aliphatic heterocycles. The van der Waals surface area contributed by atoms with Crippen LogP contribution in [0, 0.1) is 5.82 Å². The number of aryl methyl sites for hydroxylation is 1. The normalized spacial score (nSPS) is 17.1. The second kappa shape index (κ2) is 5.21. The number of amides is 2. The molecule has 1 atom stereocenters. The number of fused-ring (bicyclic) bond motifs is 1. The summed E-state index contributed by atoms with van der Waals surface area (Å²) in [4.78, 5) is 13.4. The predicted octanol–water partition coefficient (Wildman–Crippen LogP) is 2.64. The Balaban J connectivity index is 2.07. The number of carbonyl (C=O) groups is 1. The summed E-state index contributed by atoms with van der Waals surface area (Å²) >= 11 is 0. The fraction of sp³-hybridized carbons (Fsp3) is 0.357. The molecule has 2 rings (SSSR count). The highest BCUT2D eigenvalue weighted by Crippen LogP contribution is 2.31. The molecule has 1 aliphatic rings. The topological polar surface area (TPSA) is 32.3 Å². The Morgan fingerprint density at radius 1 is 1.67 bits per heavy atom. The molecule has 3 nitrogen and oxygen atoms in total. The van der Waals surface area contributed by atoms with Crippen LogP contribution in [0.2, 0.25) is 0 Å². The van der Waals surface area contributed by atoms with Crippen molar-refractivity contribution in [2.45, 2.75) is 18.9 Å². The smallest absolute Gasteiger partial charge is 0.317 e. The summed E-state index contributed by atoms with van der Waals surface area (Å²) in [5.41, 5.74) is 2.02. The highest BCUT2D eigenvalue weighted by molar-refractivity contribution is 5.74. The molecule has 1 aromatic carbocycles. The summed E-state index contributed by atoms with van der Waals surface area (Å²) in [5.74, 6) is -0.255. The molecule has 0 radical (unpaired) electrons. The summed E-state index contributed by atoms with van der Waals surface area (Å²) in [6.45, 7) is 4.09. The van der Waals surface area contributed by atoms with Crippen molar-refractivity contribution in [1.29, 1.82) is 0 Å².